The molecule has 5 nitrogen and oxygen atoms in total. The van der Waals surface area contributed by atoms with Gasteiger partial charge in [0.25, 0.3) is 0 Å². The van der Waals surface area contributed by atoms with E-state index >= 15 is 0 Å². The number of carbonyl (C=O) groups excluding carboxylic acids is 1. The predicted molar refractivity (Wildman–Crippen MR) is 185 cm³/mol. The number of aryl methyl sites for hydroxylation is 1. The van der Waals surface area contributed by atoms with Crippen LogP contribution in [0.2, 0.25) is 0 Å². The standard InChI is InChI=1S/C18H22N2O.C14H23NO.C4H7Cl/c1-4-6-7-16-14-20(5-2)18(19-16)13-10-15-8-11-17(21-3)12-9-15;1-5-8-13(11-15-12-16)9-6-7-10-14(2,3)4;1-2-3-4-5/h6-14H,4-5H2,1-3H3;5-8,12H,1,9-11H2,2-4H3,(H,15,16);3-4H,2H2,1H3/b7-6+,13-10+;7-6-,13-8+;4-3+. The molecule has 1 heterocycles. The van der Waals surface area contributed by atoms with Crippen molar-refractivity contribution in [3.05, 3.63) is 102 Å². The molecule has 1 amide bonds. The van der Waals surface area contributed by atoms with Gasteiger partial charge in [0, 0.05) is 24.8 Å². The van der Waals surface area contributed by atoms with E-state index in [-0.39, 0.29) is 0 Å². The van der Waals surface area contributed by atoms with E-state index in [2.05, 4.69) is 98.7 Å². The average Bonchev–Trinajstić information content (AvgIpc) is 3.38. The maximum Gasteiger partial charge on any atom is 0.207 e. The number of nitrogens with one attached hydrogen (secondary N) is 1. The molecule has 0 fully saturated rings. The Hall–Kier alpha value is -3.57. The maximum absolute atomic E-state index is 10.2. The summed E-state index contributed by atoms with van der Waals surface area (Å²) in [5.41, 5.74) is 5.16. The lowest BCUT2D eigenvalue weighted by molar-refractivity contribution is -0.109. The summed E-state index contributed by atoms with van der Waals surface area (Å²) < 4.78 is 7.31. The average molecular weight is 594 g/mol. The van der Waals surface area contributed by atoms with Crippen molar-refractivity contribution >= 4 is 36.2 Å². The fraction of sp³-hybridized carbons (Fsp3) is 0.389. The molecular weight excluding hydrogens is 542 g/mol. The fourth-order valence-electron chi connectivity index (χ4n) is 3.34. The molecule has 2 aromatic rings. The number of ether oxygens (including phenoxy) is 1. The first-order valence-electron chi connectivity index (χ1n) is 14.6. The normalized spacial score (nSPS) is 11.9. The number of nitrogens with zero attached hydrogens (tertiary/aromatic N) is 2. The molecule has 0 aliphatic carbocycles. The maximum atomic E-state index is 10.2. The molecule has 0 atom stereocenters. The first-order chi connectivity index (χ1) is 20.2. The van der Waals surface area contributed by atoms with Gasteiger partial charge in [0.1, 0.15) is 11.6 Å². The van der Waals surface area contributed by atoms with Gasteiger partial charge >= 0.3 is 0 Å². The van der Waals surface area contributed by atoms with E-state index in [9.17, 15) is 4.79 Å². The van der Waals surface area contributed by atoms with Gasteiger partial charge in [-0.25, -0.2) is 4.98 Å². The van der Waals surface area contributed by atoms with Crippen LogP contribution in [0, 0.1) is 5.41 Å². The number of halogens is 1. The van der Waals surface area contributed by atoms with Gasteiger partial charge in [-0.3, -0.25) is 4.79 Å². The zero-order valence-electron chi connectivity index (χ0n) is 26.8. The Kier molecular flexibility index (Phi) is 22.0. The highest BCUT2D eigenvalue weighted by Crippen LogP contribution is 2.19. The number of methoxy groups -OCH3 is 1. The summed E-state index contributed by atoms with van der Waals surface area (Å²) in [6.45, 7) is 18.1. The second-order valence-electron chi connectivity index (χ2n) is 10.5. The van der Waals surface area contributed by atoms with E-state index in [0.717, 1.165) is 67.0 Å². The minimum atomic E-state index is 0.333. The number of imidazole rings is 1. The van der Waals surface area contributed by atoms with Crippen molar-refractivity contribution in [1.29, 1.82) is 0 Å². The van der Waals surface area contributed by atoms with Crippen LogP contribution in [-0.4, -0.2) is 29.6 Å². The smallest absolute Gasteiger partial charge is 0.207 e. The molecule has 1 N–H and O–H groups in total. The first kappa shape index (κ1) is 38.4. The summed E-state index contributed by atoms with van der Waals surface area (Å²) in [7, 11) is 1.67. The van der Waals surface area contributed by atoms with Gasteiger partial charge in [-0.15, -0.1) is 0 Å². The zero-order chi connectivity index (χ0) is 31.6. The van der Waals surface area contributed by atoms with Gasteiger partial charge in [-0.1, -0.05) is 107 Å². The Balaban J connectivity index is 0.000000710. The van der Waals surface area contributed by atoms with Gasteiger partial charge in [-0.05, 0) is 73.4 Å². The van der Waals surface area contributed by atoms with Crippen LogP contribution < -0.4 is 10.1 Å². The van der Waals surface area contributed by atoms with E-state index < -0.39 is 0 Å². The molecule has 0 radical (unpaired) electrons. The molecule has 0 saturated carbocycles. The van der Waals surface area contributed by atoms with Crippen molar-refractivity contribution in [3.63, 3.8) is 0 Å². The topological polar surface area (TPSA) is 56.2 Å². The molecule has 2 rings (SSSR count). The molecule has 0 aliphatic rings. The molecular formula is C36H52ClN3O2. The van der Waals surface area contributed by atoms with E-state index in [1.54, 1.807) is 13.2 Å². The second kappa shape index (κ2) is 24.1. The lowest BCUT2D eigenvalue weighted by Crippen LogP contribution is -2.14. The molecule has 1 aromatic carbocycles. The highest BCUT2D eigenvalue weighted by Gasteiger charge is 2.06. The predicted octanol–water partition coefficient (Wildman–Crippen LogP) is 9.88. The summed E-state index contributed by atoms with van der Waals surface area (Å²) in [6.07, 6.45) is 25.0. The summed E-state index contributed by atoms with van der Waals surface area (Å²) in [5.74, 6) is 1.85. The van der Waals surface area contributed by atoms with E-state index in [4.69, 9.17) is 16.3 Å². The zero-order valence-corrected chi connectivity index (χ0v) is 27.5. The van der Waals surface area contributed by atoms with Crippen molar-refractivity contribution < 1.29 is 9.53 Å². The van der Waals surface area contributed by atoms with E-state index in [1.807, 2.05) is 43.3 Å². The van der Waals surface area contributed by atoms with Gasteiger partial charge in [0.05, 0.1) is 12.8 Å². The monoisotopic (exact) mass is 593 g/mol. The number of rotatable bonds is 14. The van der Waals surface area contributed by atoms with Crippen molar-refractivity contribution in [2.75, 3.05) is 13.7 Å². The minimum absolute atomic E-state index is 0.333. The molecule has 0 bridgehead atoms. The van der Waals surface area contributed by atoms with Gasteiger partial charge < -0.3 is 14.6 Å². The van der Waals surface area contributed by atoms with Crippen LogP contribution in [0.5, 0.6) is 5.75 Å². The van der Waals surface area contributed by atoms with Crippen molar-refractivity contribution in [2.45, 2.75) is 73.8 Å². The summed E-state index contributed by atoms with van der Waals surface area (Å²) in [6, 6.07) is 7.99. The van der Waals surface area contributed by atoms with Crippen molar-refractivity contribution in [2.24, 2.45) is 5.41 Å². The van der Waals surface area contributed by atoms with E-state index in [1.165, 1.54) is 5.54 Å². The molecule has 42 heavy (non-hydrogen) atoms. The number of benzene rings is 1. The number of hydrogen-bond acceptors (Lipinski definition) is 3. The van der Waals surface area contributed by atoms with E-state index in [0.29, 0.717) is 12.0 Å². The molecule has 230 valence electrons. The van der Waals surface area contributed by atoms with Crippen molar-refractivity contribution in [1.82, 2.24) is 14.9 Å². The third-order valence-electron chi connectivity index (χ3n) is 5.60. The van der Waals surface area contributed by atoms with Crippen LogP contribution in [-0.2, 0) is 11.3 Å². The summed E-state index contributed by atoms with van der Waals surface area (Å²) >= 11 is 5.12. The largest absolute Gasteiger partial charge is 0.497 e. The van der Waals surface area contributed by atoms with Crippen LogP contribution in [0.3, 0.4) is 0 Å². The Morgan fingerprint density at radius 2 is 1.71 bits per heavy atom. The third-order valence-corrected chi connectivity index (χ3v) is 5.78. The summed E-state index contributed by atoms with van der Waals surface area (Å²) in [5, 5.41) is 2.66. The summed E-state index contributed by atoms with van der Waals surface area (Å²) in [4.78, 5) is 14.8. The van der Waals surface area contributed by atoms with Crippen LogP contribution in [0.15, 0.2) is 84.6 Å². The van der Waals surface area contributed by atoms with Crippen LogP contribution in [0.25, 0.3) is 18.2 Å². The van der Waals surface area contributed by atoms with Gasteiger partial charge in [0.15, 0.2) is 0 Å². The van der Waals surface area contributed by atoms with Crippen LogP contribution in [0.4, 0.5) is 0 Å². The van der Waals surface area contributed by atoms with Gasteiger partial charge in [0.2, 0.25) is 6.41 Å². The van der Waals surface area contributed by atoms with Crippen molar-refractivity contribution in [3.8, 4) is 5.75 Å². The molecule has 6 heteroatoms. The lowest BCUT2D eigenvalue weighted by Gasteiger charge is -2.14. The first-order valence-corrected chi connectivity index (χ1v) is 15.0. The Bertz CT molecular complexity index is 1150. The number of aromatic nitrogens is 2. The Morgan fingerprint density at radius 3 is 2.21 bits per heavy atom. The molecule has 0 spiro atoms. The third kappa shape index (κ3) is 19.5. The highest BCUT2D eigenvalue weighted by atomic mass is 35.5. The lowest BCUT2D eigenvalue weighted by atomic mass is 9.92. The fourth-order valence-corrected chi connectivity index (χ4v) is 3.52. The number of hydrogen-bond donors (Lipinski definition) is 1. The highest BCUT2D eigenvalue weighted by molar-refractivity contribution is 6.25. The van der Waals surface area contributed by atoms with Crippen LogP contribution >= 0.6 is 11.6 Å². The van der Waals surface area contributed by atoms with Crippen LogP contribution in [0.1, 0.15) is 84.3 Å². The second-order valence-corrected chi connectivity index (χ2v) is 10.7. The SMILES string of the molecule is C=C/C=C(\C/C=C\CC(C)(C)C)CNC=O.CC/C=C/Cl.CC/C=C/c1cn(CC)c(/C=C/c2ccc(OC)cc2)n1. The number of allylic oxidation sites excluding steroid dienone is 6. The molecule has 1 aromatic heterocycles. The number of amides is 1. The molecule has 0 aliphatic heterocycles. The molecule has 0 unspecified atom stereocenters. The quantitative estimate of drug-likeness (QED) is 0.135. The van der Waals surface area contributed by atoms with Gasteiger partial charge in [-0.2, -0.15) is 0 Å². The number of carbonyl (C=O) groups is 1. The molecule has 0 saturated heterocycles. The minimum Gasteiger partial charge on any atom is -0.497 e. The Labute approximate surface area is 260 Å². The Morgan fingerprint density at radius 1 is 1.02 bits per heavy atom.